The Kier molecular flexibility index (Phi) is 3.94. The van der Waals surface area contributed by atoms with Gasteiger partial charge in [0.2, 0.25) is 0 Å². The maximum absolute atomic E-state index is 4.18. The van der Waals surface area contributed by atoms with Crippen molar-refractivity contribution in [3.05, 3.63) is 70.1 Å². The highest BCUT2D eigenvalue weighted by molar-refractivity contribution is 9.11. The average Bonchev–Trinajstić information content (AvgIpc) is 2.49. The summed E-state index contributed by atoms with van der Waals surface area (Å²) in [7, 11) is 0. The maximum Gasteiger partial charge on any atom is 0.0346 e. The molecule has 0 fully saturated rings. The van der Waals surface area contributed by atoms with E-state index >= 15 is 0 Å². The van der Waals surface area contributed by atoms with E-state index in [4.69, 9.17) is 0 Å². The molecule has 0 aliphatic carbocycles. The summed E-state index contributed by atoms with van der Waals surface area (Å²) in [5, 5.41) is 0. The largest absolute Gasteiger partial charge is 0.264 e. The lowest BCUT2D eigenvalue weighted by atomic mass is 10.0. The molecule has 2 aromatic heterocycles. The molecule has 98 valence electrons. The SMILES string of the molecule is Brc1cc(Br)c(-c2cccnc2)cc1-c1cccnc1. The third kappa shape index (κ3) is 2.67. The van der Waals surface area contributed by atoms with Gasteiger partial charge >= 0.3 is 0 Å². The molecular formula is C16H10Br2N2. The van der Waals surface area contributed by atoms with Gasteiger partial charge in [0.05, 0.1) is 0 Å². The summed E-state index contributed by atoms with van der Waals surface area (Å²) in [6.07, 6.45) is 7.28. The van der Waals surface area contributed by atoms with Gasteiger partial charge in [0.25, 0.3) is 0 Å². The fourth-order valence-corrected chi connectivity index (χ4v) is 3.49. The predicted octanol–water partition coefficient (Wildman–Crippen LogP) is 5.34. The second-order valence-corrected chi connectivity index (χ2v) is 6.00. The van der Waals surface area contributed by atoms with Crippen molar-refractivity contribution in [2.45, 2.75) is 0 Å². The summed E-state index contributed by atoms with van der Waals surface area (Å²) in [5.74, 6) is 0. The van der Waals surface area contributed by atoms with E-state index in [9.17, 15) is 0 Å². The number of aromatic nitrogens is 2. The number of rotatable bonds is 2. The van der Waals surface area contributed by atoms with Crippen molar-refractivity contribution in [1.29, 1.82) is 0 Å². The third-order valence-electron chi connectivity index (χ3n) is 3.00. The van der Waals surface area contributed by atoms with E-state index in [1.54, 1.807) is 12.4 Å². The van der Waals surface area contributed by atoms with Gasteiger partial charge in [-0.15, -0.1) is 0 Å². The van der Waals surface area contributed by atoms with Crippen molar-refractivity contribution >= 4 is 31.9 Å². The van der Waals surface area contributed by atoms with Gasteiger partial charge in [0.1, 0.15) is 0 Å². The molecule has 0 radical (unpaired) electrons. The maximum atomic E-state index is 4.18. The molecule has 2 heterocycles. The summed E-state index contributed by atoms with van der Waals surface area (Å²) >= 11 is 7.23. The van der Waals surface area contributed by atoms with Gasteiger partial charge in [0, 0.05) is 44.9 Å². The Morgan fingerprint density at radius 2 is 1.20 bits per heavy atom. The van der Waals surface area contributed by atoms with E-state index in [0.717, 1.165) is 31.2 Å². The van der Waals surface area contributed by atoms with Crippen molar-refractivity contribution < 1.29 is 0 Å². The molecule has 0 saturated heterocycles. The molecule has 0 amide bonds. The number of hydrogen-bond acceptors (Lipinski definition) is 2. The van der Waals surface area contributed by atoms with Gasteiger partial charge in [0.15, 0.2) is 0 Å². The zero-order valence-electron chi connectivity index (χ0n) is 10.4. The fraction of sp³-hybridized carbons (Fsp3) is 0. The highest BCUT2D eigenvalue weighted by Crippen LogP contribution is 2.37. The van der Waals surface area contributed by atoms with Crippen LogP contribution in [0.4, 0.5) is 0 Å². The quantitative estimate of drug-likeness (QED) is 0.591. The van der Waals surface area contributed by atoms with Crippen molar-refractivity contribution in [2.75, 3.05) is 0 Å². The number of pyridine rings is 2. The van der Waals surface area contributed by atoms with Crippen molar-refractivity contribution in [3.8, 4) is 22.3 Å². The van der Waals surface area contributed by atoms with Crippen molar-refractivity contribution in [1.82, 2.24) is 9.97 Å². The topological polar surface area (TPSA) is 25.8 Å². The minimum atomic E-state index is 1.03. The molecule has 1 aromatic carbocycles. The first-order chi connectivity index (χ1) is 9.75. The second kappa shape index (κ2) is 5.85. The van der Waals surface area contributed by atoms with Gasteiger partial charge in [-0.3, -0.25) is 9.97 Å². The minimum absolute atomic E-state index is 1.03. The monoisotopic (exact) mass is 388 g/mol. The Balaban J connectivity index is 2.19. The summed E-state index contributed by atoms with van der Waals surface area (Å²) in [5.41, 5.74) is 4.38. The lowest BCUT2D eigenvalue weighted by Gasteiger charge is -2.10. The van der Waals surface area contributed by atoms with E-state index in [0.29, 0.717) is 0 Å². The Labute approximate surface area is 134 Å². The van der Waals surface area contributed by atoms with Crippen LogP contribution in [0.15, 0.2) is 70.1 Å². The van der Waals surface area contributed by atoms with Crippen LogP contribution in [0.2, 0.25) is 0 Å². The van der Waals surface area contributed by atoms with Gasteiger partial charge in [-0.05, 0) is 35.4 Å². The average molecular weight is 390 g/mol. The van der Waals surface area contributed by atoms with Crippen LogP contribution >= 0.6 is 31.9 Å². The van der Waals surface area contributed by atoms with Crippen LogP contribution in [-0.2, 0) is 0 Å². The number of hydrogen-bond donors (Lipinski definition) is 0. The van der Waals surface area contributed by atoms with Crippen molar-refractivity contribution in [2.24, 2.45) is 0 Å². The van der Waals surface area contributed by atoms with Crippen LogP contribution in [0, 0.1) is 0 Å². The molecule has 0 atom stereocenters. The molecule has 20 heavy (non-hydrogen) atoms. The zero-order valence-corrected chi connectivity index (χ0v) is 13.6. The van der Waals surface area contributed by atoms with Gasteiger partial charge in [-0.25, -0.2) is 0 Å². The summed E-state index contributed by atoms with van der Waals surface area (Å²) in [6.45, 7) is 0. The molecule has 2 nitrogen and oxygen atoms in total. The fourth-order valence-electron chi connectivity index (χ4n) is 2.04. The van der Waals surface area contributed by atoms with Crippen LogP contribution in [-0.4, -0.2) is 9.97 Å². The first kappa shape index (κ1) is 13.5. The van der Waals surface area contributed by atoms with E-state index in [1.807, 2.05) is 36.7 Å². The van der Waals surface area contributed by atoms with Crippen LogP contribution in [0.3, 0.4) is 0 Å². The van der Waals surface area contributed by atoms with Gasteiger partial charge in [-0.1, -0.05) is 44.0 Å². The Morgan fingerprint density at radius 3 is 1.60 bits per heavy atom. The number of halogens is 2. The number of nitrogens with zero attached hydrogens (tertiary/aromatic N) is 2. The molecule has 0 saturated carbocycles. The lowest BCUT2D eigenvalue weighted by molar-refractivity contribution is 1.32. The standard InChI is InChI=1S/C16H10Br2N2/c17-15-8-16(18)14(12-4-2-6-20-10-12)7-13(15)11-3-1-5-19-9-11/h1-10H. The molecule has 0 unspecified atom stereocenters. The minimum Gasteiger partial charge on any atom is -0.264 e. The van der Waals surface area contributed by atoms with E-state index in [-0.39, 0.29) is 0 Å². The molecular weight excluding hydrogens is 380 g/mol. The van der Waals surface area contributed by atoms with Gasteiger partial charge in [-0.2, -0.15) is 0 Å². The molecule has 0 bridgehead atoms. The highest BCUT2D eigenvalue weighted by Gasteiger charge is 2.10. The van der Waals surface area contributed by atoms with E-state index in [1.165, 1.54) is 0 Å². The molecule has 0 aliphatic rings. The third-order valence-corrected chi connectivity index (χ3v) is 4.31. The highest BCUT2D eigenvalue weighted by atomic mass is 79.9. The van der Waals surface area contributed by atoms with Crippen molar-refractivity contribution in [3.63, 3.8) is 0 Å². The Bertz CT molecular complexity index is 667. The molecule has 4 heteroatoms. The summed E-state index contributed by atoms with van der Waals surface area (Å²) in [6, 6.07) is 12.2. The predicted molar refractivity (Wildman–Crippen MR) is 88.3 cm³/mol. The lowest BCUT2D eigenvalue weighted by Crippen LogP contribution is -1.87. The van der Waals surface area contributed by atoms with Gasteiger partial charge < -0.3 is 0 Å². The van der Waals surface area contributed by atoms with Crippen LogP contribution in [0.25, 0.3) is 22.3 Å². The summed E-state index contributed by atoms with van der Waals surface area (Å²) < 4.78 is 2.06. The van der Waals surface area contributed by atoms with Crippen LogP contribution in [0.1, 0.15) is 0 Å². The molecule has 0 aliphatic heterocycles. The first-order valence-electron chi connectivity index (χ1n) is 6.05. The molecule has 0 N–H and O–H groups in total. The normalized spacial score (nSPS) is 10.5. The smallest absolute Gasteiger partial charge is 0.0346 e. The van der Waals surface area contributed by atoms with Crippen LogP contribution < -0.4 is 0 Å². The zero-order chi connectivity index (χ0) is 13.9. The molecule has 3 aromatic rings. The molecule has 0 spiro atoms. The van der Waals surface area contributed by atoms with E-state index < -0.39 is 0 Å². The Morgan fingerprint density at radius 1 is 0.700 bits per heavy atom. The first-order valence-corrected chi connectivity index (χ1v) is 7.64. The molecule has 3 rings (SSSR count). The van der Waals surface area contributed by atoms with E-state index in [2.05, 4.69) is 54.0 Å². The Hall–Kier alpha value is -1.52. The van der Waals surface area contributed by atoms with Crippen LogP contribution in [0.5, 0.6) is 0 Å². The summed E-state index contributed by atoms with van der Waals surface area (Å²) in [4.78, 5) is 8.36. The second-order valence-electron chi connectivity index (χ2n) is 4.30. The number of benzene rings is 1.